The molecule has 8 heteroatoms. The molecule has 5 nitrogen and oxygen atoms in total. The number of carboxylic acid groups (broad SMARTS) is 1. The molecule has 1 rings (SSSR count). The first-order valence-corrected chi connectivity index (χ1v) is 5.50. The molecule has 0 bridgehead atoms. The van der Waals surface area contributed by atoms with Crippen molar-refractivity contribution in [1.82, 2.24) is 5.32 Å². The molecule has 2 N–H and O–H groups in total. The molecule has 0 saturated carbocycles. The minimum absolute atomic E-state index is 0.333. The third-order valence-corrected chi connectivity index (χ3v) is 2.80. The molecule has 0 radical (unpaired) electrons. The van der Waals surface area contributed by atoms with E-state index in [-0.39, 0.29) is 0 Å². The minimum atomic E-state index is -5.12. The summed E-state index contributed by atoms with van der Waals surface area (Å²) in [6.07, 6.45) is -5.12. The number of hydrogen-bond acceptors (Lipinski definition) is 2. The van der Waals surface area contributed by atoms with E-state index >= 15 is 0 Å². The normalized spacial score (nSPS) is 14.2. The van der Waals surface area contributed by atoms with Crippen molar-refractivity contribution in [3.63, 3.8) is 0 Å². The quantitative estimate of drug-likeness (QED) is 0.897. The summed E-state index contributed by atoms with van der Waals surface area (Å²) in [5.74, 6) is -2.18. The Morgan fingerprint density at radius 3 is 2.10 bits per heavy atom. The van der Waals surface area contributed by atoms with Gasteiger partial charge in [0, 0.05) is 12.7 Å². The van der Waals surface area contributed by atoms with E-state index in [1.54, 1.807) is 18.2 Å². The molecule has 1 unspecified atom stereocenters. The van der Waals surface area contributed by atoms with Gasteiger partial charge in [0.2, 0.25) is 5.54 Å². The number of halogens is 3. The number of nitrogens with one attached hydrogen (secondary N) is 1. The summed E-state index contributed by atoms with van der Waals surface area (Å²) in [4.78, 5) is 23.5. The smallest absolute Gasteiger partial charge is 0.422 e. The largest absolute Gasteiger partial charge is 0.479 e. The Morgan fingerprint density at radius 2 is 1.70 bits per heavy atom. The van der Waals surface area contributed by atoms with E-state index in [1.807, 2.05) is 0 Å². The molecule has 1 aromatic carbocycles. The Bertz CT molecular complexity index is 504. The van der Waals surface area contributed by atoms with Gasteiger partial charge >= 0.3 is 18.2 Å². The summed E-state index contributed by atoms with van der Waals surface area (Å²) in [7, 11) is 1.24. The van der Waals surface area contributed by atoms with Crippen molar-refractivity contribution in [2.45, 2.75) is 18.6 Å². The second kappa shape index (κ2) is 5.40. The van der Waals surface area contributed by atoms with Crippen LogP contribution in [-0.4, -0.2) is 35.9 Å². The Kier molecular flexibility index (Phi) is 4.26. The average Bonchev–Trinajstić information content (AvgIpc) is 2.37. The van der Waals surface area contributed by atoms with Crippen LogP contribution in [0.2, 0.25) is 0 Å². The van der Waals surface area contributed by atoms with Crippen molar-refractivity contribution in [2.75, 3.05) is 11.9 Å². The Morgan fingerprint density at radius 1 is 1.20 bits per heavy atom. The van der Waals surface area contributed by atoms with E-state index in [0.29, 0.717) is 12.6 Å². The first-order valence-electron chi connectivity index (χ1n) is 5.50. The van der Waals surface area contributed by atoms with Crippen LogP contribution in [0, 0.1) is 0 Å². The standard InChI is InChI=1S/C12H13F3N2O3/c1-11(9(18)19,12(13,14)15)16-10(20)17(2)8-6-4-3-5-7-8/h3-7H,1-2H3,(H,16,20)(H,18,19). The monoisotopic (exact) mass is 290 g/mol. The van der Waals surface area contributed by atoms with Crippen molar-refractivity contribution in [3.8, 4) is 0 Å². The number of anilines is 1. The Balaban J connectivity index is 2.96. The van der Waals surface area contributed by atoms with Crippen molar-refractivity contribution >= 4 is 17.7 Å². The van der Waals surface area contributed by atoms with Gasteiger partial charge in [-0.15, -0.1) is 0 Å². The van der Waals surface area contributed by atoms with Gasteiger partial charge < -0.3 is 10.4 Å². The number of carbonyl (C=O) groups is 2. The van der Waals surface area contributed by atoms with Crippen molar-refractivity contribution in [2.24, 2.45) is 0 Å². The lowest BCUT2D eigenvalue weighted by atomic mass is 10.0. The maximum Gasteiger partial charge on any atom is 0.422 e. The second-order valence-corrected chi connectivity index (χ2v) is 4.25. The molecule has 0 fully saturated rings. The van der Waals surface area contributed by atoms with E-state index < -0.39 is 23.7 Å². The summed E-state index contributed by atoms with van der Waals surface area (Å²) in [5.41, 5.74) is -3.02. The van der Waals surface area contributed by atoms with Gasteiger partial charge in [0.25, 0.3) is 0 Å². The van der Waals surface area contributed by atoms with Crippen LogP contribution in [0.15, 0.2) is 30.3 Å². The highest BCUT2D eigenvalue weighted by Gasteiger charge is 2.58. The van der Waals surface area contributed by atoms with E-state index in [0.717, 1.165) is 4.90 Å². The summed E-state index contributed by atoms with van der Waals surface area (Å²) in [6, 6.07) is 6.71. The van der Waals surface area contributed by atoms with Crippen LogP contribution in [0.3, 0.4) is 0 Å². The maximum atomic E-state index is 12.8. The molecule has 0 saturated heterocycles. The molecule has 0 heterocycles. The minimum Gasteiger partial charge on any atom is -0.479 e. The second-order valence-electron chi connectivity index (χ2n) is 4.25. The van der Waals surface area contributed by atoms with E-state index in [9.17, 15) is 22.8 Å². The number of para-hydroxylation sites is 1. The zero-order chi connectivity index (χ0) is 15.6. The Labute approximate surface area is 113 Å². The first-order chi connectivity index (χ1) is 9.09. The average molecular weight is 290 g/mol. The van der Waals surface area contributed by atoms with E-state index in [2.05, 4.69) is 0 Å². The summed E-state index contributed by atoms with van der Waals surface area (Å²) >= 11 is 0. The van der Waals surface area contributed by atoms with Crippen LogP contribution in [0.1, 0.15) is 6.92 Å². The van der Waals surface area contributed by atoms with Crippen LogP contribution in [0.5, 0.6) is 0 Å². The molecular formula is C12H13F3N2O3. The van der Waals surface area contributed by atoms with Crippen LogP contribution < -0.4 is 10.2 Å². The zero-order valence-electron chi connectivity index (χ0n) is 10.7. The third kappa shape index (κ3) is 3.01. The lowest BCUT2D eigenvalue weighted by Gasteiger charge is -2.30. The zero-order valence-corrected chi connectivity index (χ0v) is 10.7. The van der Waals surface area contributed by atoms with E-state index in [4.69, 9.17) is 5.11 Å². The number of urea groups is 1. The van der Waals surface area contributed by atoms with Gasteiger partial charge in [-0.3, -0.25) is 4.90 Å². The fourth-order valence-electron chi connectivity index (χ4n) is 1.31. The van der Waals surface area contributed by atoms with Gasteiger partial charge in [0.15, 0.2) is 0 Å². The van der Waals surface area contributed by atoms with Crippen LogP contribution >= 0.6 is 0 Å². The highest BCUT2D eigenvalue weighted by Crippen LogP contribution is 2.30. The fraction of sp³-hybridized carbons (Fsp3) is 0.333. The van der Waals surface area contributed by atoms with Crippen LogP contribution in [-0.2, 0) is 4.79 Å². The molecule has 2 amide bonds. The van der Waals surface area contributed by atoms with Crippen LogP contribution in [0.25, 0.3) is 0 Å². The topological polar surface area (TPSA) is 69.6 Å². The van der Waals surface area contributed by atoms with Gasteiger partial charge in [-0.2, -0.15) is 13.2 Å². The van der Waals surface area contributed by atoms with Gasteiger partial charge in [-0.05, 0) is 19.1 Å². The van der Waals surface area contributed by atoms with Crippen molar-refractivity contribution in [1.29, 1.82) is 0 Å². The first kappa shape index (κ1) is 15.8. The molecule has 1 aromatic rings. The Hall–Kier alpha value is -2.25. The number of alkyl halides is 3. The molecule has 110 valence electrons. The molecule has 20 heavy (non-hydrogen) atoms. The lowest BCUT2D eigenvalue weighted by Crippen LogP contribution is -2.63. The molecular weight excluding hydrogens is 277 g/mol. The number of aliphatic carboxylic acids is 1. The number of rotatable bonds is 3. The molecule has 0 aliphatic carbocycles. The van der Waals surface area contributed by atoms with Gasteiger partial charge in [-0.25, -0.2) is 9.59 Å². The molecule has 0 aliphatic heterocycles. The molecule has 1 atom stereocenters. The van der Waals surface area contributed by atoms with Crippen molar-refractivity contribution < 1.29 is 27.9 Å². The molecule has 0 aliphatic rings. The van der Waals surface area contributed by atoms with Gasteiger partial charge in [-0.1, -0.05) is 18.2 Å². The SMILES string of the molecule is CN(C(=O)NC(C)(C(=O)O)C(F)(F)F)c1ccccc1. The highest BCUT2D eigenvalue weighted by atomic mass is 19.4. The number of carboxylic acids is 1. The van der Waals surface area contributed by atoms with Crippen molar-refractivity contribution in [3.05, 3.63) is 30.3 Å². The number of nitrogens with zero attached hydrogens (tertiary/aromatic N) is 1. The van der Waals surface area contributed by atoms with Gasteiger partial charge in [0.1, 0.15) is 0 Å². The van der Waals surface area contributed by atoms with E-state index in [1.165, 1.54) is 24.5 Å². The summed E-state index contributed by atoms with van der Waals surface area (Å²) in [6.45, 7) is 0.395. The summed E-state index contributed by atoms with van der Waals surface area (Å²) in [5, 5.41) is 10.2. The number of hydrogen-bond donors (Lipinski definition) is 2. The lowest BCUT2D eigenvalue weighted by molar-refractivity contribution is -0.203. The third-order valence-electron chi connectivity index (χ3n) is 2.80. The molecule has 0 aromatic heterocycles. The number of benzene rings is 1. The van der Waals surface area contributed by atoms with Crippen LogP contribution in [0.4, 0.5) is 23.7 Å². The maximum absolute atomic E-state index is 12.8. The fourth-order valence-corrected chi connectivity index (χ4v) is 1.31. The number of amides is 2. The highest BCUT2D eigenvalue weighted by molar-refractivity contribution is 5.95. The predicted molar refractivity (Wildman–Crippen MR) is 65.5 cm³/mol. The van der Waals surface area contributed by atoms with Gasteiger partial charge in [0.05, 0.1) is 0 Å². The molecule has 0 spiro atoms. The summed E-state index contributed by atoms with van der Waals surface area (Å²) < 4.78 is 38.3. The number of carbonyl (C=O) groups excluding carboxylic acids is 1. The predicted octanol–water partition coefficient (Wildman–Crippen LogP) is 2.24.